The molecule has 0 radical (unpaired) electrons. The Kier molecular flexibility index (Phi) is 4.53. The number of methoxy groups -OCH3 is 1. The third-order valence-electron chi connectivity index (χ3n) is 3.81. The van der Waals surface area contributed by atoms with Crippen LogP contribution in [0.4, 0.5) is 0 Å². The number of ether oxygens (including phenoxy) is 2. The number of benzene rings is 2. The van der Waals surface area contributed by atoms with Gasteiger partial charge in [-0.15, -0.1) is 0 Å². The summed E-state index contributed by atoms with van der Waals surface area (Å²) in [5.74, 6) is 1.20. The summed E-state index contributed by atoms with van der Waals surface area (Å²) in [4.78, 5) is 11.5. The molecule has 1 aromatic heterocycles. The molecule has 1 atom stereocenters. The molecule has 0 saturated carbocycles. The van der Waals surface area contributed by atoms with Gasteiger partial charge < -0.3 is 19.0 Å². The van der Waals surface area contributed by atoms with Crippen molar-refractivity contribution in [2.45, 2.75) is 13.0 Å². The van der Waals surface area contributed by atoms with Gasteiger partial charge in [0.05, 0.1) is 7.11 Å². The molecule has 0 fully saturated rings. The molecule has 24 heavy (non-hydrogen) atoms. The Morgan fingerprint density at radius 1 is 1.12 bits per heavy atom. The molecule has 0 saturated heterocycles. The van der Waals surface area contributed by atoms with Crippen LogP contribution in [0.15, 0.2) is 57.7 Å². The molecular weight excluding hydrogens is 308 g/mol. The van der Waals surface area contributed by atoms with Gasteiger partial charge in [-0.1, -0.05) is 12.1 Å². The Labute approximate surface area is 139 Å². The summed E-state index contributed by atoms with van der Waals surface area (Å²) in [7, 11) is 1.58. The van der Waals surface area contributed by atoms with Crippen molar-refractivity contribution in [2.75, 3.05) is 13.7 Å². The fourth-order valence-electron chi connectivity index (χ4n) is 2.52. The molecule has 3 aromatic rings. The number of hydrogen-bond donors (Lipinski definition) is 1. The van der Waals surface area contributed by atoms with Gasteiger partial charge in [-0.25, -0.2) is 4.79 Å². The molecule has 1 heterocycles. The highest BCUT2D eigenvalue weighted by atomic mass is 16.5. The molecule has 0 unspecified atom stereocenters. The number of rotatable bonds is 5. The summed E-state index contributed by atoms with van der Waals surface area (Å²) in [5, 5.41) is 11.1. The quantitative estimate of drug-likeness (QED) is 0.729. The lowest BCUT2D eigenvalue weighted by molar-refractivity contribution is 0.108. The minimum Gasteiger partial charge on any atom is -0.497 e. The van der Waals surface area contributed by atoms with Gasteiger partial charge in [0, 0.05) is 17.5 Å². The minimum atomic E-state index is -0.791. The van der Waals surface area contributed by atoms with Crippen molar-refractivity contribution in [1.82, 2.24) is 0 Å². The molecule has 0 bridgehead atoms. The molecule has 124 valence electrons. The molecule has 0 spiro atoms. The second kappa shape index (κ2) is 6.76. The second-order valence-corrected chi connectivity index (χ2v) is 5.51. The smallest absolute Gasteiger partial charge is 0.336 e. The van der Waals surface area contributed by atoms with E-state index < -0.39 is 11.7 Å². The lowest BCUT2D eigenvalue weighted by atomic mass is 10.1. The number of aliphatic hydroxyl groups excluding tert-OH is 1. The number of aliphatic hydroxyl groups is 1. The van der Waals surface area contributed by atoms with Crippen LogP contribution >= 0.6 is 0 Å². The van der Waals surface area contributed by atoms with E-state index in [1.807, 2.05) is 25.1 Å². The van der Waals surface area contributed by atoms with Gasteiger partial charge in [-0.3, -0.25) is 0 Å². The maximum Gasteiger partial charge on any atom is 0.336 e. The first-order valence-corrected chi connectivity index (χ1v) is 7.56. The fourth-order valence-corrected chi connectivity index (χ4v) is 2.52. The average Bonchev–Trinajstić information content (AvgIpc) is 2.59. The summed E-state index contributed by atoms with van der Waals surface area (Å²) in [5.41, 5.74) is 1.63. The molecule has 1 N–H and O–H groups in total. The van der Waals surface area contributed by atoms with Crippen molar-refractivity contribution < 1.29 is 19.0 Å². The zero-order valence-corrected chi connectivity index (χ0v) is 13.5. The van der Waals surface area contributed by atoms with Crippen LogP contribution in [0.3, 0.4) is 0 Å². The van der Waals surface area contributed by atoms with Gasteiger partial charge in [-0.05, 0) is 42.3 Å². The maximum absolute atomic E-state index is 11.5. The molecule has 2 aromatic carbocycles. The first-order chi connectivity index (χ1) is 11.6. The van der Waals surface area contributed by atoms with E-state index in [9.17, 15) is 9.90 Å². The molecule has 0 aliphatic heterocycles. The van der Waals surface area contributed by atoms with E-state index in [1.54, 1.807) is 31.4 Å². The third-order valence-corrected chi connectivity index (χ3v) is 3.81. The summed E-state index contributed by atoms with van der Waals surface area (Å²) in [6.07, 6.45) is -0.791. The highest BCUT2D eigenvalue weighted by molar-refractivity contribution is 5.81. The van der Waals surface area contributed by atoms with Gasteiger partial charge >= 0.3 is 5.63 Å². The van der Waals surface area contributed by atoms with Gasteiger partial charge in [0.2, 0.25) is 0 Å². The maximum atomic E-state index is 11.5. The first-order valence-electron chi connectivity index (χ1n) is 7.56. The topological polar surface area (TPSA) is 68.9 Å². The number of fused-ring (bicyclic) bond motifs is 1. The van der Waals surface area contributed by atoms with Crippen molar-refractivity contribution in [2.24, 2.45) is 0 Å². The van der Waals surface area contributed by atoms with E-state index in [-0.39, 0.29) is 6.61 Å². The lowest BCUT2D eigenvalue weighted by Crippen LogP contribution is -2.09. The van der Waals surface area contributed by atoms with Crippen LogP contribution in [-0.2, 0) is 0 Å². The zero-order chi connectivity index (χ0) is 17.1. The van der Waals surface area contributed by atoms with Crippen LogP contribution in [0.5, 0.6) is 11.5 Å². The average molecular weight is 326 g/mol. The van der Waals surface area contributed by atoms with Crippen LogP contribution in [0.2, 0.25) is 0 Å². The van der Waals surface area contributed by atoms with Gasteiger partial charge in [0.25, 0.3) is 0 Å². The van der Waals surface area contributed by atoms with E-state index >= 15 is 0 Å². The largest absolute Gasteiger partial charge is 0.497 e. The van der Waals surface area contributed by atoms with E-state index in [2.05, 4.69) is 0 Å². The highest BCUT2D eigenvalue weighted by Crippen LogP contribution is 2.24. The predicted octanol–water partition coefficient (Wildman–Crippen LogP) is 3.22. The predicted molar refractivity (Wildman–Crippen MR) is 90.7 cm³/mol. The fraction of sp³-hybridized carbons (Fsp3) is 0.211. The summed E-state index contributed by atoms with van der Waals surface area (Å²) in [6.45, 7) is 1.93. The molecule has 5 nitrogen and oxygen atoms in total. The van der Waals surface area contributed by atoms with Crippen LogP contribution in [0.25, 0.3) is 11.0 Å². The highest BCUT2D eigenvalue weighted by Gasteiger charge is 2.10. The standard InChI is InChI=1S/C19H18O5/c1-12-8-19(21)24-18-10-15(6-7-16(12)18)23-11-17(20)13-4-3-5-14(9-13)22-2/h3-10,17,20H,11H2,1-2H3/t17-/m0/s1. The van der Waals surface area contributed by atoms with Crippen molar-refractivity contribution in [3.05, 3.63) is 70.1 Å². The van der Waals surface area contributed by atoms with E-state index in [1.165, 1.54) is 6.07 Å². The first kappa shape index (κ1) is 16.1. The van der Waals surface area contributed by atoms with Gasteiger partial charge in [0.1, 0.15) is 29.8 Å². The number of aryl methyl sites for hydroxylation is 1. The molecule has 0 amide bonds. The van der Waals surface area contributed by atoms with E-state index in [0.717, 1.165) is 10.9 Å². The van der Waals surface area contributed by atoms with Crippen LogP contribution in [-0.4, -0.2) is 18.8 Å². The number of hydrogen-bond acceptors (Lipinski definition) is 5. The molecule has 5 heteroatoms. The third kappa shape index (κ3) is 3.41. The van der Waals surface area contributed by atoms with Crippen LogP contribution in [0, 0.1) is 6.92 Å². The SMILES string of the molecule is COc1cccc([C@@H](O)COc2ccc3c(C)cc(=O)oc3c2)c1. The van der Waals surface area contributed by atoms with Crippen LogP contribution < -0.4 is 15.1 Å². The normalized spacial score (nSPS) is 12.1. The molecule has 0 aliphatic rings. The van der Waals surface area contributed by atoms with Crippen molar-refractivity contribution in [1.29, 1.82) is 0 Å². The Bertz CT molecular complexity index is 913. The zero-order valence-electron chi connectivity index (χ0n) is 13.5. The Balaban J connectivity index is 1.76. The second-order valence-electron chi connectivity index (χ2n) is 5.51. The summed E-state index contributed by atoms with van der Waals surface area (Å²) >= 11 is 0. The van der Waals surface area contributed by atoms with Gasteiger partial charge in [-0.2, -0.15) is 0 Å². The van der Waals surface area contributed by atoms with E-state index in [0.29, 0.717) is 22.6 Å². The van der Waals surface area contributed by atoms with Gasteiger partial charge in [0.15, 0.2) is 0 Å². The molecule has 3 rings (SSSR count). The lowest BCUT2D eigenvalue weighted by Gasteiger charge is -2.14. The Morgan fingerprint density at radius 3 is 2.75 bits per heavy atom. The van der Waals surface area contributed by atoms with E-state index in [4.69, 9.17) is 13.9 Å². The van der Waals surface area contributed by atoms with Crippen molar-refractivity contribution in [3.8, 4) is 11.5 Å². The minimum absolute atomic E-state index is 0.0781. The summed E-state index contributed by atoms with van der Waals surface area (Å²) in [6, 6.07) is 13.9. The molecular formula is C19H18O5. The van der Waals surface area contributed by atoms with Crippen LogP contribution in [0.1, 0.15) is 17.2 Å². The molecule has 0 aliphatic carbocycles. The summed E-state index contributed by atoms with van der Waals surface area (Å²) < 4.78 is 16.0. The Hall–Kier alpha value is -2.79. The van der Waals surface area contributed by atoms with Crippen molar-refractivity contribution >= 4 is 11.0 Å². The van der Waals surface area contributed by atoms with Crippen molar-refractivity contribution in [3.63, 3.8) is 0 Å². The monoisotopic (exact) mass is 326 g/mol. The Morgan fingerprint density at radius 2 is 1.96 bits per heavy atom.